The molecule has 3 rings (SSSR count). The molecule has 21 heavy (non-hydrogen) atoms. The number of thiophene rings is 1. The van der Waals surface area contributed by atoms with Gasteiger partial charge in [0.1, 0.15) is 0 Å². The van der Waals surface area contributed by atoms with Gasteiger partial charge in [-0.2, -0.15) is 0 Å². The van der Waals surface area contributed by atoms with Crippen molar-refractivity contribution >= 4 is 40.0 Å². The molecule has 6 heteroatoms. The van der Waals surface area contributed by atoms with Gasteiger partial charge in [0.15, 0.2) is 5.78 Å². The fourth-order valence-electron chi connectivity index (χ4n) is 1.99. The lowest BCUT2D eigenvalue weighted by Crippen LogP contribution is -2.14. The molecule has 0 saturated carbocycles. The number of fused-ring (bicyclic) bond motifs is 1. The molecule has 2 N–H and O–H groups in total. The number of rotatable bonds is 5. The van der Waals surface area contributed by atoms with E-state index in [-0.39, 0.29) is 24.5 Å². The fourth-order valence-corrected chi connectivity index (χ4v) is 2.69. The molecule has 2 heterocycles. The second-order valence-corrected chi connectivity index (χ2v) is 5.50. The van der Waals surface area contributed by atoms with Crippen LogP contribution in [0.1, 0.15) is 22.5 Å². The van der Waals surface area contributed by atoms with E-state index >= 15 is 0 Å². The first-order valence-electron chi connectivity index (χ1n) is 6.54. The number of Topliss-reactive ketones (excluding diaryl/α,β-unsaturated/α-hetero) is 1. The predicted molar refractivity (Wildman–Crippen MR) is 82.6 cm³/mol. The SMILES string of the molecule is O=C(CCC(=O)c1cccs1)Nc1nc2ccccc2[nH]1. The van der Waals surface area contributed by atoms with E-state index in [4.69, 9.17) is 0 Å². The summed E-state index contributed by atoms with van der Waals surface area (Å²) in [4.78, 5) is 31.6. The number of carbonyl (C=O) groups is 2. The summed E-state index contributed by atoms with van der Waals surface area (Å²) >= 11 is 1.39. The Kier molecular flexibility index (Phi) is 3.79. The maximum atomic E-state index is 11.8. The number of nitrogens with one attached hydrogen (secondary N) is 2. The van der Waals surface area contributed by atoms with Gasteiger partial charge in [0.2, 0.25) is 11.9 Å². The highest BCUT2D eigenvalue weighted by atomic mass is 32.1. The first-order chi connectivity index (χ1) is 10.2. The molecule has 3 aromatic rings. The summed E-state index contributed by atoms with van der Waals surface area (Å²) in [6, 6.07) is 11.1. The summed E-state index contributed by atoms with van der Waals surface area (Å²) in [5, 5.41) is 4.53. The van der Waals surface area contributed by atoms with E-state index in [0.717, 1.165) is 11.0 Å². The van der Waals surface area contributed by atoms with Gasteiger partial charge in [0, 0.05) is 12.8 Å². The number of aromatic nitrogens is 2. The molecule has 1 aromatic carbocycles. The number of para-hydroxylation sites is 2. The van der Waals surface area contributed by atoms with Crippen LogP contribution < -0.4 is 5.32 Å². The highest BCUT2D eigenvalue weighted by molar-refractivity contribution is 7.12. The molecule has 0 unspecified atom stereocenters. The molecule has 0 aliphatic carbocycles. The number of aromatic amines is 1. The van der Waals surface area contributed by atoms with Crippen molar-refractivity contribution in [3.8, 4) is 0 Å². The Morgan fingerprint density at radius 2 is 2.00 bits per heavy atom. The maximum absolute atomic E-state index is 11.8. The van der Waals surface area contributed by atoms with Crippen LogP contribution in [-0.4, -0.2) is 21.7 Å². The Morgan fingerprint density at radius 1 is 1.14 bits per heavy atom. The first kappa shape index (κ1) is 13.5. The summed E-state index contributed by atoms with van der Waals surface area (Å²) in [5.41, 5.74) is 1.66. The minimum atomic E-state index is -0.223. The zero-order valence-electron chi connectivity index (χ0n) is 11.1. The quantitative estimate of drug-likeness (QED) is 0.710. The Bertz CT molecular complexity index is 744. The summed E-state index contributed by atoms with van der Waals surface area (Å²) in [6.45, 7) is 0. The standard InChI is InChI=1S/C15H13N3O2S/c19-12(13-6-3-9-21-13)7-8-14(20)18-15-16-10-4-1-2-5-11(10)17-15/h1-6,9H,7-8H2,(H2,16,17,18,20). The van der Waals surface area contributed by atoms with Crippen molar-refractivity contribution in [3.63, 3.8) is 0 Å². The second kappa shape index (κ2) is 5.88. The second-order valence-electron chi connectivity index (χ2n) is 4.55. The lowest BCUT2D eigenvalue weighted by atomic mass is 10.2. The van der Waals surface area contributed by atoms with Crippen molar-refractivity contribution < 1.29 is 9.59 Å². The van der Waals surface area contributed by atoms with Crippen molar-refractivity contribution in [1.29, 1.82) is 0 Å². The number of carbonyl (C=O) groups excluding carboxylic acids is 2. The van der Waals surface area contributed by atoms with E-state index in [1.54, 1.807) is 6.07 Å². The molecule has 0 atom stereocenters. The van der Waals surface area contributed by atoms with Gasteiger partial charge < -0.3 is 4.98 Å². The van der Waals surface area contributed by atoms with E-state index < -0.39 is 0 Å². The van der Waals surface area contributed by atoms with E-state index in [0.29, 0.717) is 10.8 Å². The van der Waals surface area contributed by atoms with Crippen LogP contribution in [-0.2, 0) is 4.79 Å². The van der Waals surface area contributed by atoms with Crippen molar-refractivity contribution in [2.24, 2.45) is 0 Å². The summed E-state index contributed by atoms with van der Waals surface area (Å²) < 4.78 is 0. The Morgan fingerprint density at radius 3 is 2.76 bits per heavy atom. The summed E-state index contributed by atoms with van der Waals surface area (Å²) in [5.74, 6) is 0.175. The third-order valence-corrected chi connectivity index (χ3v) is 3.93. The first-order valence-corrected chi connectivity index (χ1v) is 7.41. The molecule has 0 bridgehead atoms. The van der Waals surface area contributed by atoms with Gasteiger partial charge in [-0.05, 0) is 23.6 Å². The average Bonchev–Trinajstić information content (AvgIpc) is 3.13. The van der Waals surface area contributed by atoms with Gasteiger partial charge in [-0.1, -0.05) is 18.2 Å². The number of ketones is 1. The summed E-state index contributed by atoms with van der Waals surface area (Å²) in [7, 11) is 0. The number of benzene rings is 1. The van der Waals surface area contributed by atoms with Gasteiger partial charge in [-0.25, -0.2) is 4.98 Å². The number of anilines is 1. The van der Waals surface area contributed by atoms with E-state index in [1.165, 1.54) is 11.3 Å². The third-order valence-electron chi connectivity index (χ3n) is 3.02. The van der Waals surface area contributed by atoms with E-state index in [2.05, 4.69) is 15.3 Å². The van der Waals surface area contributed by atoms with Crippen molar-refractivity contribution in [3.05, 3.63) is 46.7 Å². The zero-order valence-corrected chi connectivity index (χ0v) is 11.9. The molecule has 5 nitrogen and oxygen atoms in total. The largest absolute Gasteiger partial charge is 0.324 e. The smallest absolute Gasteiger partial charge is 0.227 e. The van der Waals surface area contributed by atoms with Crippen molar-refractivity contribution in [2.45, 2.75) is 12.8 Å². The number of nitrogens with zero attached hydrogens (tertiary/aromatic N) is 1. The Hall–Kier alpha value is -2.47. The van der Waals surface area contributed by atoms with Crippen molar-refractivity contribution in [2.75, 3.05) is 5.32 Å². The predicted octanol–water partition coefficient (Wildman–Crippen LogP) is 3.23. The molecular weight excluding hydrogens is 286 g/mol. The normalized spacial score (nSPS) is 10.7. The van der Waals surface area contributed by atoms with Crippen LogP contribution in [0.2, 0.25) is 0 Å². The van der Waals surface area contributed by atoms with Crippen LogP contribution in [0.3, 0.4) is 0 Å². The molecular formula is C15H13N3O2S. The van der Waals surface area contributed by atoms with Crippen LogP contribution in [0, 0.1) is 0 Å². The molecule has 0 spiro atoms. The Labute approximate surface area is 125 Å². The summed E-state index contributed by atoms with van der Waals surface area (Å²) in [6.07, 6.45) is 0.348. The molecule has 0 aliphatic rings. The van der Waals surface area contributed by atoms with Crippen LogP contribution in [0.25, 0.3) is 11.0 Å². The van der Waals surface area contributed by atoms with Crippen LogP contribution in [0.5, 0.6) is 0 Å². The number of hydrogen-bond donors (Lipinski definition) is 2. The third kappa shape index (κ3) is 3.17. The monoisotopic (exact) mass is 299 g/mol. The highest BCUT2D eigenvalue weighted by Gasteiger charge is 2.11. The van der Waals surface area contributed by atoms with Crippen LogP contribution >= 0.6 is 11.3 Å². The molecule has 106 valence electrons. The molecule has 2 aromatic heterocycles. The highest BCUT2D eigenvalue weighted by Crippen LogP contribution is 2.15. The van der Waals surface area contributed by atoms with Gasteiger partial charge in [-0.15, -0.1) is 11.3 Å². The fraction of sp³-hybridized carbons (Fsp3) is 0.133. The minimum Gasteiger partial charge on any atom is -0.324 e. The number of hydrogen-bond acceptors (Lipinski definition) is 4. The zero-order chi connectivity index (χ0) is 14.7. The van der Waals surface area contributed by atoms with E-state index in [1.807, 2.05) is 35.7 Å². The Balaban J connectivity index is 1.57. The van der Waals surface area contributed by atoms with Gasteiger partial charge >= 0.3 is 0 Å². The van der Waals surface area contributed by atoms with E-state index in [9.17, 15) is 9.59 Å². The van der Waals surface area contributed by atoms with Crippen LogP contribution in [0.4, 0.5) is 5.95 Å². The maximum Gasteiger partial charge on any atom is 0.227 e. The number of amides is 1. The molecule has 1 amide bonds. The molecule has 0 aliphatic heterocycles. The van der Waals surface area contributed by atoms with Crippen LogP contribution in [0.15, 0.2) is 41.8 Å². The molecule has 0 fully saturated rings. The minimum absolute atomic E-state index is 0.00949. The molecule has 0 saturated heterocycles. The number of H-pyrrole nitrogens is 1. The topological polar surface area (TPSA) is 74.8 Å². The van der Waals surface area contributed by atoms with Gasteiger partial charge in [0.05, 0.1) is 15.9 Å². The van der Waals surface area contributed by atoms with Gasteiger partial charge in [-0.3, -0.25) is 14.9 Å². The lowest BCUT2D eigenvalue weighted by molar-refractivity contribution is -0.116. The lowest BCUT2D eigenvalue weighted by Gasteiger charge is -2.00. The van der Waals surface area contributed by atoms with Gasteiger partial charge in [0.25, 0.3) is 0 Å². The molecule has 0 radical (unpaired) electrons. The number of imidazole rings is 1. The van der Waals surface area contributed by atoms with Crippen molar-refractivity contribution in [1.82, 2.24) is 9.97 Å². The average molecular weight is 299 g/mol.